The summed E-state index contributed by atoms with van der Waals surface area (Å²) < 4.78 is 0. The topological polar surface area (TPSA) is 56.7 Å². The van der Waals surface area contributed by atoms with E-state index in [1.54, 1.807) is 0 Å². The molecule has 5 nitrogen and oxygen atoms in total. The van der Waals surface area contributed by atoms with Crippen LogP contribution < -0.4 is 10.6 Å². The molecule has 0 aromatic heterocycles. The molecule has 0 unspecified atom stereocenters. The Bertz CT molecular complexity index is 715. The molecule has 5 heteroatoms. The van der Waals surface area contributed by atoms with Crippen LogP contribution in [0.15, 0.2) is 65.7 Å². The number of likely N-dealkylation sites (tertiary alicyclic amines) is 1. The number of carbonyl (C=O) groups is 1. The quantitative estimate of drug-likeness (QED) is 0.575. The summed E-state index contributed by atoms with van der Waals surface area (Å²) in [5.41, 5.74) is 2.51. The largest absolute Gasteiger partial charge is 0.357 e. The van der Waals surface area contributed by atoms with Crippen LogP contribution in [0.1, 0.15) is 36.8 Å². The van der Waals surface area contributed by atoms with E-state index in [4.69, 9.17) is 0 Å². The number of carbonyl (C=O) groups excluding carboxylic acids is 1. The zero-order valence-corrected chi connectivity index (χ0v) is 16.6. The van der Waals surface area contributed by atoms with E-state index in [9.17, 15) is 4.79 Å². The second-order valence-electron chi connectivity index (χ2n) is 7.04. The lowest BCUT2D eigenvalue weighted by Crippen LogP contribution is -2.40. The maximum absolute atomic E-state index is 12.3. The third kappa shape index (κ3) is 5.59. The first-order valence-electron chi connectivity index (χ1n) is 10.2. The molecule has 0 saturated carbocycles. The molecule has 0 bridgehead atoms. The number of benzene rings is 2. The van der Waals surface area contributed by atoms with E-state index in [1.165, 1.54) is 11.1 Å². The first-order valence-corrected chi connectivity index (χ1v) is 10.2. The van der Waals surface area contributed by atoms with Crippen molar-refractivity contribution in [3.05, 3.63) is 71.8 Å². The van der Waals surface area contributed by atoms with Gasteiger partial charge in [-0.2, -0.15) is 0 Å². The van der Waals surface area contributed by atoms with E-state index in [0.717, 1.165) is 32.5 Å². The van der Waals surface area contributed by atoms with Crippen molar-refractivity contribution in [3.63, 3.8) is 0 Å². The van der Waals surface area contributed by atoms with E-state index in [2.05, 4.69) is 64.2 Å². The van der Waals surface area contributed by atoms with E-state index in [0.29, 0.717) is 12.5 Å². The van der Waals surface area contributed by atoms with Gasteiger partial charge in [0, 0.05) is 32.1 Å². The Morgan fingerprint density at radius 3 is 2.07 bits per heavy atom. The molecule has 28 heavy (non-hydrogen) atoms. The number of rotatable bonds is 7. The van der Waals surface area contributed by atoms with E-state index < -0.39 is 0 Å². The number of aliphatic imine (C=N–C) groups is 1. The predicted molar refractivity (Wildman–Crippen MR) is 115 cm³/mol. The first-order chi connectivity index (χ1) is 13.8. The number of nitrogens with one attached hydrogen (secondary N) is 2. The summed E-state index contributed by atoms with van der Waals surface area (Å²) in [4.78, 5) is 18.7. The lowest BCUT2D eigenvalue weighted by atomic mass is 9.91. The van der Waals surface area contributed by atoms with Gasteiger partial charge in [0.05, 0.1) is 0 Å². The molecule has 0 spiro atoms. The van der Waals surface area contributed by atoms with Gasteiger partial charge in [0.25, 0.3) is 0 Å². The molecule has 1 heterocycles. The highest BCUT2D eigenvalue weighted by Gasteiger charge is 2.18. The summed E-state index contributed by atoms with van der Waals surface area (Å²) in [6.45, 7) is 5.41. The van der Waals surface area contributed by atoms with Crippen molar-refractivity contribution < 1.29 is 4.79 Å². The fourth-order valence-electron chi connectivity index (χ4n) is 3.55. The average Bonchev–Trinajstić information content (AvgIpc) is 3.28. The van der Waals surface area contributed by atoms with Crippen molar-refractivity contribution in [1.29, 1.82) is 0 Å². The Kier molecular flexibility index (Phi) is 7.47. The zero-order chi connectivity index (χ0) is 19.6. The minimum atomic E-state index is 0.109. The molecule has 2 N–H and O–H groups in total. The van der Waals surface area contributed by atoms with Crippen molar-refractivity contribution in [2.45, 2.75) is 25.7 Å². The van der Waals surface area contributed by atoms with Crippen LogP contribution in [0.2, 0.25) is 0 Å². The van der Waals surface area contributed by atoms with Crippen molar-refractivity contribution in [1.82, 2.24) is 15.5 Å². The summed E-state index contributed by atoms with van der Waals surface area (Å²) in [5.74, 6) is 1.00. The number of amides is 1. The van der Waals surface area contributed by atoms with Crippen LogP contribution in [0.25, 0.3) is 0 Å². The Morgan fingerprint density at radius 1 is 0.964 bits per heavy atom. The highest BCUT2D eigenvalue weighted by atomic mass is 16.2. The summed E-state index contributed by atoms with van der Waals surface area (Å²) >= 11 is 0. The second-order valence-corrected chi connectivity index (χ2v) is 7.04. The molecule has 0 atom stereocenters. The molecule has 148 valence electrons. The number of hydrogen-bond acceptors (Lipinski definition) is 2. The lowest BCUT2D eigenvalue weighted by Gasteiger charge is -2.21. The van der Waals surface area contributed by atoms with Crippen LogP contribution in [0.4, 0.5) is 0 Å². The van der Waals surface area contributed by atoms with Gasteiger partial charge in [-0.15, -0.1) is 0 Å². The fraction of sp³-hybridized carbons (Fsp3) is 0.391. The van der Waals surface area contributed by atoms with Crippen molar-refractivity contribution in [3.8, 4) is 0 Å². The van der Waals surface area contributed by atoms with Gasteiger partial charge in [-0.05, 0) is 30.9 Å². The fourth-order valence-corrected chi connectivity index (χ4v) is 3.55. The number of hydrogen-bond donors (Lipinski definition) is 2. The molecule has 1 aliphatic rings. The van der Waals surface area contributed by atoms with Crippen LogP contribution in [0.5, 0.6) is 0 Å². The van der Waals surface area contributed by atoms with Gasteiger partial charge in [0.15, 0.2) is 5.96 Å². The molecule has 2 aromatic rings. The molecule has 1 amide bonds. The first kappa shape index (κ1) is 19.9. The summed E-state index contributed by atoms with van der Waals surface area (Å²) in [6, 6.07) is 21.0. The van der Waals surface area contributed by atoms with Crippen LogP contribution in [0, 0.1) is 0 Å². The van der Waals surface area contributed by atoms with Gasteiger partial charge in [0.1, 0.15) is 6.54 Å². The Hall–Kier alpha value is -2.82. The van der Waals surface area contributed by atoms with Gasteiger partial charge in [-0.25, -0.2) is 4.99 Å². The second kappa shape index (κ2) is 10.5. The van der Waals surface area contributed by atoms with E-state index in [1.807, 2.05) is 24.0 Å². The molecule has 0 radical (unpaired) electrons. The van der Waals surface area contributed by atoms with Crippen molar-refractivity contribution in [2.24, 2.45) is 4.99 Å². The van der Waals surface area contributed by atoms with E-state index in [-0.39, 0.29) is 18.4 Å². The average molecular weight is 379 g/mol. The van der Waals surface area contributed by atoms with Gasteiger partial charge in [0.2, 0.25) is 5.91 Å². The van der Waals surface area contributed by atoms with Crippen molar-refractivity contribution in [2.75, 3.05) is 32.7 Å². The minimum absolute atomic E-state index is 0.109. The van der Waals surface area contributed by atoms with Crippen LogP contribution in [-0.2, 0) is 4.79 Å². The van der Waals surface area contributed by atoms with Gasteiger partial charge >= 0.3 is 0 Å². The molecule has 2 aromatic carbocycles. The standard InChI is InChI=1S/C23H30N4O/c1-2-24-23(26-18-22(28)27-15-9-10-16-27)25-17-21(19-11-5-3-6-12-19)20-13-7-4-8-14-20/h3-8,11-14,21H,2,9-10,15-18H2,1H3,(H2,24,25,26). The Balaban J connectivity index is 1.68. The molecule has 0 aliphatic carbocycles. The monoisotopic (exact) mass is 378 g/mol. The van der Waals surface area contributed by atoms with Crippen molar-refractivity contribution >= 4 is 11.9 Å². The normalized spacial score (nSPS) is 14.4. The molecule has 3 rings (SSSR count). The maximum atomic E-state index is 12.3. The lowest BCUT2D eigenvalue weighted by molar-refractivity contribution is -0.128. The number of nitrogens with zero attached hydrogens (tertiary/aromatic N) is 2. The van der Waals surface area contributed by atoms with Crippen LogP contribution >= 0.6 is 0 Å². The molecule has 1 aliphatic heterocycles. The Labute approximate surface area is 167 Å². The highest BCUT2D eigenvalue weighted by molar-refractivity contribution is 5.85. The molecular weight excluding hydrogens is 348 g/mol. The summed E-state index contributed by atoms with van der Waals surface area (Å²) in [7, 11) is 0. The number of guanidine groups is 1. The molecule has 1 fully saturated rings. The Morgan fingerprint density at radius 2 is 1.54 bits per heavy atom. The van der Waals surface area contributed by atoms with Gasteiger partial charge < -0.3 is 15.5 Å². The summed E-state index contributed by atoms with van der Waals surface area (Å²) in [6.07, 6.45) is 2.20. The minimum Gasteiger partial charge on any atom is -0.357 e. The third-order valence-corrected chi connectivity index (χ3v) is 5.05. The maximum Gasteiger partial charge on any atom is 0.244 e. The molecule has 1 saturated heterocycles. The van der Waals surface area contributed by atoms with E-state index >= 15 is 0 Å². The SMILES string of the molecule is CCNC(=NCC(=O)N1CCCC1)NCC(c1ccccc1)c1ccccc1. The summed E-state index contributed by atoms with van der Waals surface area (Å²) in [5, 5.41) is 6.69. The van der Waals surface area contributed by atoms with Gasteiger partial charge in [-0.3, -0.25) is 4.79 Å². The van der Waals surface area contributed by atoms with Crippen LogP contribution in [0.3, 0.4) is 0 Å². The molecular formula is C23H30N4O. The zero-order valence-electron chi connectivity index (χ0n) is 16.6. The van der Waals surface area contributed by atoms with Crippen LogP contribution in [-0.4, -0.2) is 49.5 Å². The van der Waals surface area contributed by atoms with Gasteiger partial charge in [-0.1, -0.05) is 60.7 Å². The smallest absolute Gasteiger partial charge is 0.244 e. The highest BCUT2D eigenvalue weighted by Crippen LogP contribution is 2.23. The third-order valence-electron chi connectivity index (χ3n) is 5.05. The predicted octanol–water partition coefficient (Wildman–Crippen LogP) is 3.00.